The number of nitrogens with zero attached hydrogens (tertiary/aromatic N) is 4. The molecule has 0 aliphatic carbocycles. The van der Waals surface area contributed by atoms with Gasteiger partial charge in [-0.25, -0.2) is 4.68 Å². The lowest BCUT2D eigenvalue weighted by molar-refractivity contribution is -0.385. The summed E-state index contributed by atoms with van der Waals surface area (Å²) in [6.45, 7) is 0. The second-order valence-electron chi connectivity index (χ2n) is 2.98. The van der Waals surface area contributed by atoms with Crippen LogP contribution >= 0.6 is 15.9 Å². The predicted molar refractivity (Wildman–Crippen MR) is 60.1 cm³/mol. The smallest absolute Gasteiger partial charge is 0.283 e. The van der Waals surface area contributed by atoms with Crippen molar-refractivity contribution < 1.29 is 4.92 Å². The van der Waals surface area contributed by atoms with Gasteiger partial charge in [-0.15, -0.1) is 5.10 Å². The number of hydrogen-bond donors (Lipinski definition) is 1. The summed E-state index contributed by atoms with van der Waals surface area (Å²) < 4.78 is 1.81. The number of nitrogens with two attached hydrogens (primary N) is 1. The fraction of sp³-hybridized carbons (Fsp3) is 0. The molecule has 82 valence electrons. The SMILES string of the molecule is Nc1cn(-c2ccc([N+](=O)[O-])c(Br)c2)nn1. The molecule has 0 radical (unpaired) electrons. The average molecular weight is 284 g/mol. The third-order valence-electron chi connectivity index (χ3n) is 1.90. The molecule has 1 aromatic carbocycles. The van der Waals surface area contributed by atoms with Crippen LogP contribution in [0, 0.1) is 10.1 Å². The molecule has 0 aliphatic heterocycles. The van der Waals surface area contributed by atoms with E-state index in [9.17, 15) is 10.1 Å². The van der Waals surface area contributed by atoms with Gasteiger partial charge in [-0.1, -0.05) is 5.21 Å². The summed E-state index contributed by atoms with van der Waals surface area (Å²) in [5.74, 6) is 0.287. The van der Waals surface area contributed by atoms with E-state index in [1.807, 2.05) is 0 Å². The average Bonchev–Trinajstić information content (AvgIpc) is 2.64. The molecule has 0 atom stereocenters. The zero-order valence-corrected chi connectivity index (χ0v) is 9.46. The number of anilines is 1. The molecule has 0 unspecified atom stereocenters. The number of halogens is 1. The number of aromatic nitrogens is 3. The van der Waals surface area contributed by atoms with Crippen LogP contribution in [-0.4, -0.2) is 19.9 Å². The third-order valence-corrected chi connectivity index (χ3v) is 2.54. The Kier molecular flexibility index (Phi) is 2.57. The number of hydrogen-bond acceptors (Lipinski definition) is 5. The molecule has 0 aliphatic rings. The number of rotatable bonds is 2. The largest absolute Gasteiger partial charge is 0.381 e. The van der Waals surface area contributed by atoms with Crippen LogP contribution in [0.5, 0.6) is 0 Å². The van der Waals surface area contributed by atoms with Gasteiger partial charge in [-0.3, -0.25) is 10.1 Å². The van der Waals surface area contributed by atoms with E-state index in [-0.39, 0.29) is 11.5 Å². The van der Waals surface area contributed by atoms with Crippen LogP contribution in [0.3, 0.4) is 0 Å². The highest BCUT2D eigenvalue weighted by atomic mass is 79.9. The first-order valence-corrected chi connectivity index (χ1v) is 4.99. The molecule has 8 heteroatoms. The highest BCUT2D eigenvalue weighted by Gasteiger charge is 2.12. The summed E-state index contributed by atoms with van der Waals surface area (Å²) in [4.78, 5) is 10.1. The Hall–Kier alpha value is -1.96. The van der Waals surface area contributed by atoms with Crippen molar-refractivity contribution in [3.63, 3.8) is 0 Å². The van der Waals surface area contributed by atoms with E-state index in [1.54, 1.807) is 12.1 Å². The Bertz CT molecular complexity index is 553. The van der Waals surface area contributed by atoms with Crippen LogP contribution < -0.4 is 5.73 Å². The molecule has 1 aromatic heterocycles. The third kappa shape index (κ3) is 1.87. The van der Waals surface area contributed by atoms with Gasteiger partial charge in [0, 0.05) is 6.07 Å². The second-order valence-corrected chi connectivity index (χ2v) is 3.84. The van der Waals surface area contributed by atoms with E-state index in [2.05, 4.69) is 26.2 Å². The highest BCUT2D eigenvalue weighted by molar-refractivity contribution is 9.10. The van der Waals surface area contributed by atoms with Gasteiger partial charge in [0.2, 0.25) is 0 Å². The van der Waals surface area contributed by atoms with Gasteiger partial charge in [0.25, 0.3) is 5.69 Å². The monoisotopic (exact) mass is 283 g/mol. The molecule has 2 aromatic rings. The highest BCUT2D eigenvalue weighted by Crippen LogP contribution is 2.26. The van der Waals surface area contributed by atoms with Gasteiger partial charge in [0.15, 0.2) is 5.82 Å². The quantitative estimate of drug-likeness (QED) is 0.665. The molecular formula is C8H6BrN5O2. The van der Waals surface area contributed by atoms with E-state index in [0.717, 1.165) is 0 Å². The van der Waals surface area contributed by atoms with Crippen LogP contribution in [0.2, 0.25) is 0 Å². The van der Waals surface area contributed by atoms with Crippen molar-refractivity contribution in [1.82, 2.24) is 15.0 Å². The van der Waals surface area contributed by atoms with Gasteiger partial charge in [0.1, 0.15) is 0 Å². The van der Waals surface area contributed by atoms with E-state index >= 15 is 0 Å². The van der Waals surface area contributed by atoms with Crippen molar-refractivity contribution in [2.24, 2.45) is 0 Å². The normalized spacial score (nSPS) is 10.3. The Balaban J connectivity index is 2.45. The van der Waals surface area contributed by atoms with Gasteiger partial charge in [-0.2, -0.15) is 0 Å². The van der Waals surface area contributed by atoms with E-state index in [4.69, 9.17) is 5.73 Å². The van der Waals surface area contributed by atoms with Gasteiger partial charge in [-0.05, 0) is 28.1 Å². The maximum atomic E-state index is 10.6. The maximum absolute atomic E-state index is 10.6. The zero-order valence-electron chi connectivity index (χ0n) is 7.87. The molecular weight excluding hydrogens is 278 g/mol. The summed E-state index contributed by atoms with van der Waals surface area (Å²) in [5.41, 5.74) is 6.06. The molecule has 0 amide bonds. The molecule has 0 bridgehead atoms. The lowest BCUT2D eigenvalue weighted by Crippen LogP contribution is -1.96. The lowest BCUT2D eigenvalue weighted by atomic mass is 10.3. The summed E-state index contributed by atoms with van der Waals surface area (Å²) in [6.07, 6.45) is 1.52. The molecule has 7 nitrogen and oxygen atoms in total. The first kappa shape index (κ1) is 10.6. The lowest BCUT2D eigenvalue weighted by Gasteiger charge is -2.00. The van der Waals surface area contributed by atoms with Crippen molar-refractivity contribution >= 4 is 27.4 Å². The zero-order chi connectivity index (χ0) is 11.7. The minimum Gasteiger partial charge on any atom is -0.381 e. The number of benzene rings is 1. The van der Waals surface area contributed by atoms with Gasteiger partial charge < -0.3 is 5.73 Å². The minimum atomic E-state index is -0.469. The molecule has 2 N–H and O–H groups in total. The molecule has 0 saturated heterocycles. The van der Waals surface area contributed by atoms with Crippen molar-refractivity contribution in [3.05, 3.63) is 39.0 Å². The van der Waals surface area contributed by atoms with Gasteiger partial charge >= 0.3 is 0 Å². The molecule has 16 heavy (non-hydrogen) atoms. The Morgan fingerprint density at radius 1 is 1.50 bits per heavy atom. The fourth-order valence-electron chi connectivity index (χ4n) is 1.19. The number of nitrogen functional groups attached to an aromatic ring is 1. The van der Waals surface area contributed by atoms with Crippen LogP contribution in [0.15, 0.2) is 28.9 Å². The van der Waals surface area contributed by atoms with Crippen molar-refractivity contribution in [1.29, 1.82) is 0 Å². The second kappa shape index (κ2) is 3.89. The molecule has 0 fully saturated rings. The first-order chi connectivity index (χ1) is 7.58. The van der Waals surface area contributed by atoms with Crippen LogP contribution in [0.25, 0.3) is 5.69 Å². The topological polar surface area (TPSA) is 99.9 Å². The standard InChI is InChI=1S/C8H6BrN5O2/c9-6-3-5(1-2-7(6)14(15)16)13-4-8(10)11-12-13/h1-4H,10H2. The van der Waals surface area contributed by atoms with Crippen molar-refractivity contribution in [2.45, 2.75) is 0 Å². The Labute approximate surface area is 98.1 Å². The summed E-state index contributed by atoms with van der Waals surface area (Å²) >= 11 is 3.12. The Morgan fingerprint density at radius 2 is 2.25 bits per heavy atom. The fourth-order valence-corrected chi connectivity index (χ4v) is 1.70. The van der Waals surface area contributed by atoms with Gasteiger partial charge in [0.05, 0.1) is 21.3 Å². The minimum absolute atomic E-state index is 0.00293. The molecule has 2 rings (SSSR count). The Morgan fingerprint density at radius 3 is 2.75 bits per heavy atom. The van der Waals surface area contributed by atoms with Crippen LogP contribution in [0.1, 0.15) is 0 Å². The summed E-state index contributed by atoms with van der Waals surface area (Å²) in [5, 5.41) is 18.0. The molecule has 0 saturated carbocycles. The van der Waals surface area contributed by atoms with Crippen LogP contribution in [-0.2, 0) is 0 Å². The van der Waals surface area contributed by atoms with Crippen LogP contribution in [0.4, 0.5) is 11.5 Å². The number of nitro benzene ring substituents is 1. The van der Waals surface area contributed by atoms with Crippen molar-refractivity contribution in [3.8, 4) is 5.69 Å². The van der Waals surface area contributed by atoms with E-state index in [0.29, 0.717) is 10.2 Å². The van der Waals surface area contributed by atoms with Crippen molar-refractivity contribution in [2.75, 3.05) is 5.73 Å². The summed E-state index contributed by atoms with van der Waals surface area (Å²) in [7, 11) is 0. The molecule has 1 heterocycles. The van der Waals surface area contributed by atoms with E-state index < -0.39 is 4.92 Å². The number of nitro groups is 1. The maximum Gasteiger partial charge on any atom is 0.283 e. The molecule has 0 spiro atoms. The first-order valence-electron chi connectivity index (χ1n) is 4.20. The summed E-state index contributed by atoms with van der Waals surface area (Å²) in [6, 6.07) is 4.53. The predicted octanol–water partition coefficient (Wildman–Crippen LogP) is 1.52. The van der Waals surface area contributed by atoms with E-state index in [1.165, 1.54) is 16.9 Å².